The Morgan fingerprint density at radius 3 is 2.70 bits per heavy atom. The Hall–Kier alpha value is -3.15. The Bertz CT molecular complexity index is 890. The standard InChI is InChI=1S/C17H15N3O3/c1-11(12-6-8-18-9-7-12)19-17(22)20-14-3-4-15-13(10-14)2-5-16(21)23-15/h2-11H,1H3,(H2,19,20,22)/t11-/m0/s1. The smallest absolute Gasteiger partial charge is 0.336 e. The quantitative estimate of drug-likeness (QED) is 0.728. The van der Waals surface area contributed by atoms with E-state index >= 15 is 0 Å². The lowest BCUT2D eigenvalue weighted by atomic mass is 10.1. The number of carbonyl (C=O) groups is 1. The summed E-state index contributed by atoms with van der Waals surface area (Å²) < 4.78 is 5.05. The zero-order valence-electron chi connectivity index (χ0n) is 12.4. The third-order valence-electron chi connectivity index (χ3n) is 3.43. The molecule has 2 heterocycles. The zero-order valence-corrected chi connectivity index (χ0v) is 12.4. The summed E-state index contributed by atoms with van der Waals surface area (Å²) in [6.45, 7) is 1.89. The maximum absolute atomic E-state index is 12.1. The fourth-order valence-electron chi connectivity index (χ4n) is 2.25. The average molecular weight is 309 g/mol. The first-order valence-electron chi connectivity index (χ1n) is 7.13. The molecule has 1 aromatic carbocycles. The van der Waals surface area contributed by atoms with Crippen LogP contribution in [0.3, 0.4) is 0 Å². The average Bonchev–Trinajstić information content (AvgIpc) is 2.55. The molecule has 3 rings (SSSR count). The van der Waals surface area contributed by atoms with Crippen molar-refractivity contribution in [1.29, 1.82) is 0 Å². The number of nitrogens with zero attached hydrogens (tertiary/aromatic N) is 1. The zero-order chi connectivity index (χ0) is 16.2. The molecule has 0 unspecified atom stereocenters. The van der Waals surface area contributed by atoms with Crippen LogP contribution in [0.4, 0.5) is 10.5 Å². The van der Waals surface area contributed by atoms with Crippen LogP contribution in [0.5, 0.6) is 0 Å². The van der Waals surface area contributed by atoms with Gasteiger partial charge in [-0.3, -0.25) is 4.98 Å². The summed E-state index contributed by atoms with van der Waals surface area (Å²) in [7, 11) is 0. The molecule has 0 saturated carbocycles. The van der Waals surface area contributed by atoms with E-state index in [0.29, 0.717) is 11.3 Å². The van der Waals surface area contributed by atoms with Crippen molar-refractivity contribution < 1.29 is 9.21 Å². The van der Waals surface area contributed by atoms with Gasteiger partial charge in [0.1, 0.15) is 5.58 Å². The van der Waals surface area contributed by atoms with Gasteiger partial charge in [-0.05, 0) is 48.9 Å². The van der Waals surface area contributed by atoms with Crippen molar-refractivity contribution in [3.8, 4) is 0 Å². The molecule has 1 atom stereocenters. The minimum atomic E-state index is -0.401. The third-order valence-corrected chi connectivity index (χ3v) is 3.43. The third kappa shape index (κ3) is 3.55. The van der Waals surface area contributed by atoms with Gasteiger partial charge in [-0.2, -0.15) is 0 Å². The van der Waals surface area contributed by atoms with E-state index in [0.717, 1.165) is 10.9 Å². The highest BCUT2D eigenvalue weighted by Crippen LogP contribution is 2.18. The molecular formula is C17H15N3O3. The summed E-state index contributed by atoms with van der Waals surface area (Å²) in [5.41, 5.74) is 1.66. The molecule has 2 amide bonds. The molecule has 2 N–H and O–H groups in total. The minimum absolute atomic E-state index is 0.142. The van der Waals surface area contributed by atoms with Crippen LogP contribution in [-0.4, -0.2) is 11.0 Å². The molecule has 0 fully saturated rings. The van der Waals surface area contributed by atoms with Gasteiger partial charge in [-0.1, -0.05) is 0 Å². The summed E-state index contributed by atoms with van der Waals surface area (Å²) >= 11 is 0. The number of hydrogen-bond donors (Lipinski definition) is 2. The number of pyridine rings is 1. The Labute approximate surface area is 132 Å². The Morgan fingerprint density at radius 2 is 1.91 bits per heavy atom. The van der Waals surface area contributed by atoms with Crippen molar-refractivity contribution in [3.05, 3.63) is 70.8 Å². The van der Waals surface area contributed by atoms with E-state index in [1.165, 1.54) is 6.07 Å². The molecule has 0 bridgehead atoms. The SMILES string of the molecule is C[C@H](NC(=O)Nc1ccc2oc(=O)ccc2c1)c1ccncc1. The molecule has 6 nitrogen and oxygen atoms in total. The second kappa shape index (κ2) is 6.31. The Kier molecular flexibility index (Phi) is 4.05. The number of urea groups is 1. The van der Waals surface area contributed by atoms with E-state index in [2.05, 4.69) is 15.6 Å². The minimum Gasteiger partial charge on any atom is -0.423 e. The van der Waals surface area contributed by atoms with Gasteiger partial charge < -0.3 is 15.1 Å². The number of benzene rings is 1. The highest BCUT2D eigenvalue weighted by Gasteiger charge is 2.09. The van der Waals surface area contributed by atoms with Gasteiger partial charge in [0.05, 0.1) is 6.04 Å². The Balaban J connectivity index is 1.70. The number of anilines is 1. The van der Waals surface area contributed by atoms with Crippen LogP contribution >= 0.6 is 0 Å². The second-order valence-electron chi connectivity index (χ2n) is 5.11. The molecule has 0 spiro atoms. The lowest BCUT2D eigenvalue weighted by Gasteiger charge is -2.15. The van der Waals surface area contributed by atoms with Gasteiger partial charge in [-0.25, -0.2) is 9.59 Å². The predicted molar refractivity (Wildman–Crippen MR) is 87.3 cm³/mol. The van der Waals surface area contributed by atoms with Gasteiger partial charge in [0.2, 0.25) is 0 Å². The summed E-state index contributed by atoms with van der Waals surface area (Å²) in [6.07, 6.45) is 3.37. The van der Waals surface area contributed by atoms with E-state index in [9.17, 15) is 9.59 Å². The molecule has 0 radical (unpaired) electrons. The fourth-order valence-corrected chi connectivity index (χ4v) is 2.25. The number of hydrogen-bond acceptors (Lipinski definition) is 4. The Morgan fingerprint density at radius 1 is 1.13 bits per heavy atom. The number of aromatic nitrogens is 1. The van der Waals surface area contributed by atoms with Crippen LogP contribution in [-0.2, 0) is 0 Å². The van der Waals surface area contributed by atoms with E-state index < -0.39 is 5.63 Å². The van der Waals surface area contributed by atoms with Gasteiger partial charge in [0.15, 0.2) is 0 Å². The van der Waals surface area contributed by atoms with Crippen LogP contribution in [0.2, 0.25) is 0 Å². The maximum atomic E-state index is 12.1. The summed E-state index contributed by atoms with van der Waals surface area (Å²) in [5.74, 6) is 0. The monoisotopic (exact) mass is 309 g/mol. The molecule has 0 aliphatic carbocycles. The van der Waals surface area contributed by atoms with Crippen LogP contribution in [0.25, 0.3) is 11.0 Å². The first-order chi connectivity index (χ1) is 11.1. The molecule has 0 saturated heterocycles. The number of fused-ring (bicyclic) bond motifs is 1. The molecule has 3 aromatic rings. The lowest BCUT2D eigenvalue weighted by molar-refractivity contribution is 0.249. The van der Waals surface area contributed by atoms with E-state index in [1.54, 1.807) is 36.7 Å². The van der Waals surface area contributed by atoms with Crippen molar-refractivity contribution in [2.24, 2.45) is 0 Å². The topological polar surface area (TPSA) is 84.2 Å². The van der Waals surface area contributed by atoms with Crippen molar-refractivity contribution >= 4 is 22.7 Å². The highest BCUT2D eigenvalue weighted by molar-refractivity contribution is 5.92. The molecule has 0 aliphatic rings. The largest absolute Gasteiger partial charge is 0.423 e. The first kappa shape index (κ1) is 14.8. The highest BCUT2D eigenvalue weighted by atomic mass is 16.4. The van der Waals surface area contributed by atoms with Gasteiger partial charge in [0.25, 0.3) is 0 Å². The number of amides is 2. The summed E-state index contributed by atoms with van der Waals surface area (Å²) in [6, 6.07) is 11.3. The summed E-state index contributed by atoms with van der Waals surface area (Å²) in [4.78, 5) is 27.2. The van der Waals surface area contributed by atoms with E-state index in [-0.39, 0.29) is 12.1 Å². The molecule has 23 heavy (non-hydrogen) atoms. The van der Waals surface area contributed by atoms with E-state index in [4.69, 9.17) is 4.42 Å². The molecule has 0 aliphatic heterocycles. The first-order valence-corrected chi connectivity index (χ1v) is 7.13. The van der Waals surface area contributed by atoms with Crippen LogP contribution in [0.1, 0.15) is 18.5 Å². The number of carbonyl (C=O) groups excluding carboxylic acids is 1. The molecule has 6 heteroatoms. The normalized spacial score (nSPS) is 11.9. The second-order valence-corrected chi connectivity index (χ2v) is 5.11. The summed E-state index contributed by atoms with van der Waals surface area (Å²) in [5, 5.41) is 6.35. The predicted octanol–water partition coefficient (Wildman–Crippen LogP) is 3.07. The van der Waals surface area contributed by atoms with Gasteiger partial charge in [0, 0.05) is 29.5 Å². The van der Waals surface area contributed by atoms with Gasteiger partial charge in [-0.15, -0.1) is 0 Å². The lowest BCUT2D eigenvalue weighted by Crippen LogP contribution is -2.31. The van der Waals surface area contributed by atoms with Crippen molar-refractivity contribution in [3.63, 3.8) is 0 Å². The maximum Gasteiger partial charge on any atom is 0.336 e. The van der Waals surface area contributed by atoms with Crippen LogP contribution in [0, 0.1) is 0 Å². The van der Waals surface area contributed by atoms with Crippen LogP contribution in [0.15, 0.2) is 64.1 Å². The molecule has 116 valence electrons. The van der Waals surface area contributed by atoms with Crippen molar-refractivity contribution in [1.82, 2.24) is 10.3 Å². The fraction of sp³-hybridized carbons (Fsp3) is 0.118. The van der Waals surface area contributed by atoms with Crippen LogP contribution < -0.4 is 16.3 Å². The molecule has 2 aromatic heterocycles. The van der Waals surface area contributed by atoms with Crippen molar-refractivity contribution in [2.75, 3.05) is 5.32 Å². The molecular weight excluding hydrogens is 294 g/mol. The number of rotatable bonds is 3. The number of nitrogens with one attached hydrogen (secondary N) is 2. The van der Waals surface area contributed by atoms with Gasteiger partial charge >= 0.3 is 11.7 Å². The van der Waals surface area contributed by atoms with Crippen molar-refractivity contribution in [2.45, 2.75) is 13.0 Å². The van der Waals surface area contributed by atoms with E-state index in [1.807, 2.05) is 19.1 Å².